The minimum Gasteiger partial charge on any atom is -0.461 e. The van der Waals surface area contributed by atoms with Crippen molar-refractivity contribution in [1.82, 2.24) is 9.80 Å². The van der Waals surface area contributed by atoms with Crippen molar-refractivity contribution in [3.8, 4) is 0 Å². The summed E-state index contributed by atoms with van der Waals surface area (Å²) in [6.45, 7) is 12.9. The zero-order valence-corrected chi connectivity index (χ0v) is 25.2. The highest BCUT2D eigenvalue weighted by Crippen LogP contribution is 2.67. The van der Waals surface area contributed by atoms with Gasteiger partial charge in [0.15, 0.2) is 0 Å². The van der Waals surface area contributed by atoms with E-state index in [9.17, 15) is 9.59 Å². The minimum atomic E-state index is -0.112. The molecule has 0 amide bonds. The maximum Gasteiger partial charge on any atom is 0.302 e. The molecule has 6 heteroatoms. The number of fused-ring (bicyclic) bond motifs is 5. The highest BCUT2D eigenvalue weighted by Gasteiger charge is 2.65. The van der Waals surface area contributed by atoms with Gasteiger partial charge in [0.05, 0.1) is 0 Å². The second-order valence-electron chi connectivity index (χ2n) is 14.9. The van der Waals surface area contributed by atoms with Crippen LogP contribution in [-0.4, -0.2) is 72.2 Å². The number of carbonyl (C=O) groups excluding carboxylic acids is 2. The van der Waals surface area contributed by atoms with Crippen LogP contribution in [0.15, 0.2) is 0 Å². The van der Waals surface area contributed by atoms with Crippen LogP contribution >= 0.6 is 0 Å². The van der Waals surface area contributed by atoms with Crippen LogP contribution in [0.3, 0.4) is 0 Å². The summed E-state index contributed by atoms with van der Waals surface area (Å²) in [5.74, 6) is 2.49. The summed E-state index contributed by atoms with van der Waals surface area (Å²) in [6, 6.07) is 0.746. The van der Waals surface area contributed by atoms with E-state index in [1.807, 2.05) is 0 Å². The Morgan fingerprint density at radius 3 is 1.92 bits per heavy atom. The molecule has 0 radical (unpaired) electrons. The number of nitrogens with zero attached hydrogens (tertiary/aromatic N) is 2. The Morgan fingerprint density at radius 2 is 1.31 bits per heavy atom. The molecule has 6 nitrogen and oxygen atoms in total. The molecule has 0 aromatic heterocycles. The van der Waals surface area contributed by atoms with Crippen LogP contribution in [0.5, 0.6) is 0 Å². The number of hydrogen-bond donors (Lipinski definition) is 0. The Hall–Kier alpha value is -1.14. The van der Waals surface area contributed by atoms with Gasteiger partial charge >= 0.3 is 11.9 Å². The van der Waals surface area contributed by atoms with Gasteiger partial charge in [-0.05, 0) is 126 Å². The van der Waals surface area contributed by atoms with E-state index >= 15 is 0 Å². The van der Waals surface area contributed by atoms with Gasteiger partial charge in [-0.25, -0.2) is 0 Å². The summed E-state index contributed by atoms with van der Waals surface area (Å²) >= 11 is 0. The lowest BCUT2D eigenvalue weighted by molar-refractivity contribution is -0.180. The Bertz CT molecular complexity index is 913. The van der Waals surface area contributed by atoms with Gasteiger partial charge < -0.3 is 9.47 Å². The first-order valence-corrected chi connectivity index (χ1v) is 16.5. The van der Waals surface area contributed by atoms with Gasteiger partial charge in [-0.3, -0.25) is 19.4 Å². The quantitative estimate of drug-likeness (QED) is 0.417. The van der Waals surface area contributed by atoms with E-state index in [4.69, 9.17) is 9.47 Å². The van der Waals surface area contributed by atoms with E-state index in [2.05, 4.69) is 23.6 Å². The molecule has 10 atom stereocenters. The maximum atomic E-state index is 12.4. The lowest BCUT2D eigenvalue weighted by Crippen LogP contribution is -2.61. The fourth-order valence-electron chi connectivity index (χ4n) is 11.2. The first-order valence-electron chi connectivity index (χ1n) is 16.5. The smallest absolute Gasteiger partial charge is 0.302 e. The Morgan fingerprint density at radius 1 is 0.692 bits per heavy atom. The third kappa shape index (κ3) is 4.98. The fourth-order valence-corrected chi connectivity index (χ4v) is 11.2. The lowest BCUT2D eigenvalue weighted by atomic mass is 9.44. The van der Waals surface area contributed by atoms with Crippen molar-refractivity contribution in [3.63, 3.8) is 0 Å². The normalized spacial score (nSPS) is 47.0. The van der Waals surface area contributed by atoms with E-state index in [1.54, 1.807) is 13.8 Å². The zero-order chi connectivity index (χ0) is 27.4. The summed E-state index contributed by atoms with van der Waals surface area (Å²) < 4.78 is 12.3. The number of ether oxygens (including phenoxy) is 2. The van der Waals surface area contributed by atoms with Gasteiger partial charge in [-0.2, -0.15) is 0 Å². The second kappa shape index (κ2) is 10.9. The summed E-state index contributed by atoms with van der Waals surface area (Å²) in [5, 5.41) is 0. The van der Waals surface area contributed by atoms with Gasteiger partial charge in [0.2, 0.25) is 0 Å². The molecule has 4 saturated carbocycles. The van der Waals surface area contributed by atoms with Crippen LogP contribution in [0.25, 0.3) is 0 Å². The molecule has 39 heavy (non-hydrogen) atoms. The summed E-state index contributed by atoms with van der Waals surface area (Å²) in [5.41, 5.74) is 0.377. The molecule has 0 N–H and O–H groups in total. The van der Waals surface area contributed by atoms with Gasteiger partial charge in [-0.1, -0.05) is 26.7 Å². The zero-order valence-electron chi connectivity index (χ0n) is 25.2. The number of likely N-dealkylation sites (tertiary alicyclic amines) is 2. The monoisotopic (exact) mass is 542 g/mol. The van der Waals surface area contributed by atoms with E-state index in [-0.39, 0.29) is 29.6 Å². The molecule has 2 heterocycles. The van der Waals surface area contributed by atoms with Gasteiger partial charge in [0.1, 0.15) is 12.2 Å². The highest BCUT2D eigenvalue weighted by molar-refractivity contribution is 5.66. The first-order chi connectivity index (χ1) is 18.7. The molecule has 0 bridgehead atoms. The van der Waals surface area contributed by atoms with Crippen molar-refractivity contribution < 1.29 is 19.1 Å². The molecule has 6 fully saturated rings. The molecule has 6 rings (SSSR count). The van der Waals surface area contributed by atoms with Crippen molar-refractivity contribution in [2.45, 2.75) is 135 Å². The molecule has 4 unspecified atom stereocenters. The largest absolute Gasteiger partial charge is 0.461 e. The van der Waals surface area contributed by atoms with Gasteiger partial charge in [0.25, 0.3) is 0 Å². The van der Waals surface area contributed by atoms with Gasteiger partial charge in [-0.15, -0.1) is 0 Å². The molecule has 2 aliphatic heterocycles. The average Bonchev–Trinajstić information content (AvgIpc) is 3.21. The summed E-state index contributed by atoms with van der Waals surface area (Å²) in [7, 11) is 0. The number of piperidine rings is 2. The minimum absolute atomic E-state index is 0.0328. The van der Waals surface area contributed by atoms with Crippen LogP contribution in [0.1, 0.15) is 111 Å². The Balaban J connectivity index is 1.27. The lowest BCUT2D eigenvalue weighted by Gasteiger charge is -2.62. The number of carbonyl (C=O) groups is 2. The number of rotatable bonds is 4. The van der Waals surface area contributed by atoms with Crippen LogP contribution < -0.4 is 0 Å². The Labute approximate surface area is 236 Å². The molecule has 0 spiro atoms. The van der Waals surface area contributed by atoms with E-state index in [1.165, 1.54) is 77.0 Å². The third-order valence-electron chi connectivity index (χ3n) is 12.9. The standard InChI is InChI=1S/C33H54N2O4/c1-22(36)38-30-19-24-11-12-25-26(33(24,4)21-29(30)35-17-9-6-10-18-35)13-14-32(3)27(25)20-28(31(32)39-23(2)37)34-15-7-5-8-16-34/h24-31H,5-21H2,1-4H3/t24?,25?,26?,27?,28-,29-,30-,31-,32-,33-/m0/s1. The topological polar surface area (TPSA) is 59.1 Å². The fraction of sp³-hybridized carbons (Fsp3) is 0.939. The highest BCUT2D eigenvalue weighted by atomic mass is 16.5. The molecule has 220 valence electrons. The van der Waals surface area contributed by atoms with Crippen LogP contribution in [0.2, 0.25) is 0 Å². The summed E-state index contributed by atoms with van der Waals surface area (Å²) in [6.07, 6.45) is 16.2. The predicted molar refractivity (Wildman–Crippen MR) is 152 cm³/mol. The number of hydrogen-bond acceptors (Lipinski definition) is 6. The third-order valence-corrected chi connectivity index (χ3v) is 12.9. The molecule has 0 aromatic rings. The molecular formula is C33H54N2O4. The number of esters is 2. The van der Waals surface area contributed by atoms with Crippen LogP contribution in [0.4, 0.5) is 0 Å². The molecule has 0 aromatic carbocycles. The SMILES string of the molecule is CC(=O)O[C@H]1CC2CCC3C(CC[C@@]4(C)C3C[C@H](N3CCCCC3)[C@@H]4OC(C)=O)[C@@]2(C)C[C@@H]1N1CCCCC1. The van der Waals surface area contributed by atoms with Crippen molar-refractivity contribution in [3.05, 3.63) is 0 Å². The molecular weight excluding hydrogens is 488 g/mol. The van der Waals surface area contributed by atoms with Crippen molar-refractivity contribution in [1.29, 1.82) is 0 Å². The van der Waals surface area contributed by atoms with Crippen molar-refractivity contribution in [2.24, 2.45) is 34.5 Å². The summed E-state index contributed by atoms with van der Waals surface area (Å²) in [4.78, 5) is 29.9. The average molecular weight is 543 g/mol. The van der Waals surface area contributed by atoms with Crippen LogP contribution in [0, 0.1) is 34.5 Å². The first kappa shape index (κ1) is 28.0. The molecule has 4 aliphatic carbocycles. The van der Waals surface area contributed by atoms with Crippen molar-refractivity contribution >= 4 is 11.9 Å². The predicted octanol–water partition coefficient (Wildman–Crippen LogP) is 5.82. The van der Waals surface area contributed by atoms with Crippen molar-refractivity contribution in [2.75, 3.05) is 26.2 Å². The van der Waals surface area contributed by atoms with Gasteiger partial charge in [0, 0.05) is 31.3 Å². The van der Waals surface area contributed by atoms with E-state index in [0.717, 1.165) is 38.5 Å². The van der Waals surface area contributed by atoms with Crippen LogP contribution in [-0.2, 0) is 19.1 Å². The maximum absolute atomic E-state index is 12.4. The van der Waals surface area contributed by atoms with E-state index < -0.39 is 0 Å². The second-order valence-corrected chi connectivity index (χ2v) is 14.9. The Kier molecular flexibility index (Phi) is 7.85. The van der Waals surface area contributed by atoms with E-state index in [0.29, 0.717) is 35.3 Å². The molecule has 6 aliphatic rings. The molecule has 2 saturated heterocycles.